The molecule has 0 saturated carbocycles. The van der Waals surface area contributed by atoms with Gasteiger partial charge in [0, 0.05) is 12.1 Å². The van der Waals surface area contributed by atoms with Crippen molar-refractivity contribution in [1.29, 1.82) is 0 Å². The number of carboxylic acid groups (broad SMARTS) is 1. The van der Waals surface area contributed by atoms with Crippen LogP contribution in [0.3, 0.4) is 0 Å². The molecule has 0 aromatic heterocycles. The molecule has 0 spiro atoms. The zero-order valence-corrected chi connectivity index (χ0v) is 7.95. The second-order valence-corrected chi connectivity index (χ2v) is 4.13. The minimum atomic E-state index is -0.817. The number of carboxylic acids is 1. The van der Waals surface area contributed by atoms with Crippen LogP contribution in [0.15, 0.2) is 12.3 Å². The molecule has 74 valence electrons. The van der Waals surface area contributed by atoms with Gasteiger partial charge < -0.3 is 5.11 Å². The zero-order valence-electron chi connectivity index (χ0n) is 7.95. The number of hydrogen-bond acceptors (Lipinski definition) is 3. The highest BCUT2D eigenvalue weighted by atomic mass is 16.5. The summed E-state index contributed by atoms with van der Waals surface area (Å²) in [5.41, 5.74) is -0.0538. The highest BCUT2D eigenvalue weighted by molar-refractivity contribution is 5.70. The van der Waals surface area contributed by atoms with Gasteiger partial charge in [0.2, 0.25) is 0 Å². The Balaban J connectivity index is 2.82. The van der Waals surface area contributed by atoms with Crippen LogP contribution in [0.25, 0.3) is 0 Å². The van der Waals surface area contributed by atoms with Crippen LogP contribution in [-0.4, -0.2) is 26.9 Å². The van der Waals surface area contributed by atoms with Crippen LogP contribution < -0.4 is 0 Å². The summed E-state index contributed by atoms with van der Waals surface area (Å²) in [5.74, 6) is -1.24. The van der Waals surface area contributed by atoms with E-state index in [4.69, 9.17) is 5.11 Å². The summed E-state index contributed by atoms with van der Waals surface area (Å²) in [6, 6.07) is 0. The van der Waals surface area contributed by atoms with E-state index >= 15 is 0 Å². The third-order valence-corrected chi connectivity index (χ3v) is 2.45. The Hall–Kier alpha value is -1.03. The number of carbonyl (C=O) groups is 1. The van der Waals surface area contributed by atoms with Crippen molar-refractivity contribution in [3.8, 4) is 0 Å². The number of hydroxylamine groups is 2. The summed E-state index contributed by atoms with van der Waals surface area (Å²) in [4.78, 5) is 10.8. The molecule has 0 aromatic rings. The Morgan fingerprint density at radius 1 is 1.69 bits per heavy atom. The number of aliphatic carboxylic acids is 1. The molecule has 1 atom stereocenters. The van der Waals surface area contributed by atoms with Gasteiger partial charge in [-0.05, 0) is 20.3 Å². The number of piperidine rings is 1. The summed E-state index contributed by atoms with van der Waals surface area (Å²) >= 11 is 0. The SMILES string of the molecule is C=C1CC(C(=O)O)CC(C)(C)N1O. The topological polar surface area (TPSA) is 60.8 Å². The molecular weight excluding hydrogens is 170 g/mol. The molecule has 13 heavy (non-hydrogen) atoms. The van der Waals surface area contributed by atoms with Crippen LogP contribution in [-0.2, 0) is 4.79 Å². The van der Waals surface area contributed by atoms with E-state index in [1.54, 1.807) is 13.8 Å². The van der Waals surface area contributed by atoms with Crippen molar-refractivity contribution < 1.29 is 15.1 Å². The van der Waals surface area contributed by atoms with Gasteiger partial charge >= 0.3 is 5.97 Å². The normalized spacial score (nSPS) is 27.5. The molecule has 1 saturated heterocycles. The highest BCUT2D eigenvalue weighted by Crippen LogP contribution is 2.35. The second kappa shape index (κ2) is 3.03. The molecule has 1 rings (SSSR count). The molecule has 0 amide bonds. The van der Waals surface area contributed by atoms with Crippen molar-refractivity contribution in [2.45, 2.75) is 32.2 Å². The molecule has 0 bridgehead atoms. The maximum atomic E-state index is 10.8. The minimum absolute atomic E-state index is 0.329. The van der Waals surface area contributed by atoms with Crippen LogP contribution in [0.1, 0.15) is 26.7 Å². The van der Waals surface area contributed by atoms with Gasteiger partial charge in [0.15, 0.2) is 0 Å². The first-order valence-corrected chi connectivity index (χ1v) is 4.24. The maximum Gasteiger partial charge on any atom is 0.306 e. The Bertz CT molecular complexity index is 247. The maximum absolute atomic E-state index is 10.8. The highest BCUT2D eigenvalue weighted by Gasteiger charge is 2.38. The van der Waals surface area contributed by atoms with Crippen LogP contribution in [0.5, 0.6) is 0 Å². The molecule has 0 aromatic carbocycles. The standard InChI is InChI=1S/C9H15NO3/c1-6-4-7(8(11)12)5-9(2,3)10(6)13/h7,13H,1,4-5H2,2-3H3,(H,11,12). The summed E-state index contributed by atoms with van der Waals surface area (Å²) in [6.45, 7) is 7.23. The third kappa shape index (κ3) is 1.83. The largest absolute Gasteiger partial charge is 0.481 e. The van der Waals surface area contributed by atoms with E-state index in [0.29, 0.717) is 18.5 Å². The first-order valence-electron chi connectivity index (χ1n) is 4.24. The van der Waals surface area contributed by atoms with E-state index in [1.165, 1.54) is 0 Å². The van der Waals surface area contributed by atoms with E-state index in [1.807, 2.05) is 0 Å². The molecule has 1 unspecified atom stereocenters. The monoisotopic (exact) mass is 185 g/mol. The lowest BCUT2D eigenvalue weighted by molar-refractivity contribution is -0.167. The molecule has 1 aliphatic rings. The lowest BCUT2D eigenvalue weighted by Crippen LogP contribution is -2.47. The number of rotatable bonds is 1. The summed E-state index contributed by atoms with van der Waals surface area (Å²) in [6.07, 6.45) is 0.771. The van der Waals surface area contributed by atoms with E-state index in [-0.39, 0.29) is 0 Å². The molecular formula is C9H15NO3. The summed E-state index contributed by atoms with van der Waals surface area (Å²) in [5, 5.41) is 19.5. The molecule has 2 N–H and O–H groups in total. The van der Waals surface area contributed by atoms with Crippen molar-refractivity contribution in [2.24, 2.45) is 5.92 Å². The van der Waals surface area contributed by atoms with Gasteiger partial charge in [0.1, 0.15) is 0 Å². The van der Waals surface area contributed by atoms with Crippen molar-refractivity contribution in [3.63, 3.8) is 0 Å². The van der Waals surface area contributed by atoms with Gasteiger partial charge in [-0.2, -0.15) is 0 Å². The summed E-state index contributed by atoms with van der Waals surface area (Å²) in [7, 11) is 0. The molecule has 1 heterocycles. The van der Waals surface area contributed by atoms with Gasteiger partial charge in [0.05, 0.1) is 11.5 Å². The third-order valence-electron chi connectivity index (χ3n) is 2.45. The molecule has 1 fully saturated rings. The zero-order chi connectivity index (χ0) is 10.2. The van der Waals surface area contributed by atoms with Gasteiger partial charge in [-0.3, -0.25) is 15.1 Å². The molecule has 4 heteroatoms. The quantitative estimate of drug-likeness (QED) is 0.649. The first kappa shape index (κ1) is 10.1. The Morgan fingerprint density at radius 3 is 2.62 bits per heavy atom. The Labute approximate surface area is 77.4 Å². The Kier molecular flexibility index (Phi) is 2.34. The predicted octanol–water partition coefficient (Wildman–Crippen LogP) is 1.46. The molecule has 1 aliphatic heterocycles. The lowest BCUT2D eigenvalue weighted by atomic mass is 9.83. The lowest BCUT2D eigenvalue weighted by Gasteiger charge is -2.42. The van der Waals surface area contributed by atoms with Crippen LogP contribution in [0.4, 0.5) is 0 Å². The number of allylic oxidation sites excluding steroid dienone is 1. The molecule has 0 aliphatic carbocycles. The molecule has 0 radical (unpaired) electrons. The van der Waals surface area contributed by atoms with Crippen LogP contribution in [0, 0.1) is 5.92 Å². The molecule has 4 nitrogen and oxygen atoms in total. The van der Waals surface area contributed by atoms with Crippen molar-refractivity contribution in [2.75, 3.05) is 0 Å². The predicted molar refractivity (Wildman–Crippen MR) is 47.2 cm³/mol. The van der Waals surface area contributed by atoms with E-state index in [2.05, 4.69) is 6.58 Å². The minimum Gasteiger partial charge on any atom is -0.481 e. The van der Waals surface area contributed by atoms with Crippen molar-refractivity contribution in [3.05, 3.63) is 12.3 Å². The summed E-state index contributed by atoms with van der Waals surface area (Å²) < 4.78 is 0. The van der Waals surface area contributed by atoms with Crippen LogP contribution in [0.2, 0.25) is 0 Å². The smallest absolute Gasteiger partial charge is 0.306 e. The second-order valence-electron chi connectivity index (χ2n) is 4.13. The van der Waals surface area contributed by atoms with Gasteiger partial charge in [0.25, 0.3) is 0 Å². The number of nitrogens with zero attached hydrogens (tertiary/aromatic N) is 1. The Morgan fingerprint density at radius 2 is 2.23 bits per heavy atom. The van der Waals surface area contributed by atoms with Crippen molar-refractivity contribution in [1.82, 2.24) is 5.06 Å². The fourth-order valence-corrected chi connectivity index (χ4v) is 1.74. The average molecular weight is 185 g/mol. The van der Waals surface area contributed by atoms with E-state index < -0.39 is 17.4 Å². The van der Waals surface area contributed by atoms with Crippen molar-refractivity contribution >= 4 is 5.97 Å². The fourth-order valence-electron chi connectivity index (χ4n) is 1.74. The van der Waals surface area contributed by atoms with Crippen LogP contribution >= 0.6 is 0 Å². The fraction of sp³-hybridized carbons (Fsp3) is 0.667. The average Bonchev–Trinajstić information content (AvgIpc) is 1.99. The van der Waals surface area contributed by atoms with E-state index in [9.17, 15) is 10.0 Å². The number of hydrogen-bond donors (Lipinski definition) is 2. The van der Waals surface area contributed by atoms with Gasteiger partial charge in [-0.15, -0.1) is 0 Å². The van der Waals surface area contributed by atoms with E-state index in [0.717, 1.165) is 5.06 Å². The first-order chi connectivity index (χ1) is 5.84. The van der Waals surface area contributed by atoms with Gasteiger partial charge in [-0.25, -0.2) is 0 Å². The van der Waals surface area contributed by atoms with Gasteiger partial charge in [-0.1, -0.05) is 6.58 Å².